The Morgan fingerprint density at radius 1 is 1.22 bits per heavy atom. The lowest BCUT2D eigenvalue weighted by atomic mass is 10.1. The number of benzene rings is 1. The molecule has 0 saturated heterocycles. The molecule has 1 amide bonds. The number of nitrogens with zero attached hydrogens (tertiary/aromatic N) is 2. The molecule has 7 heteroatoms. The van der Waals surface area contributed by atoms with E-state index in [1.54, 1.807) is 21.0 Å². The Morgan fingerprint density at radius 3 is 2.56 bits per heavy atom. The van der Waals surface area contributed by atoms with Crippen LogP contribution in [0.1, 0.15) is 41.2 Å². The zero-order chi connectivity index (χ0) is 19.8. The molecule has 0 saturated carbocycles. The highest BCUT2D eigenvalue weighted by molar-refractivity contribution is 5.96. The van der Waals surface area contributed by atoms with Gasteiger partial charge in [-0.2, -0.15) is 0 Å². The number of rotatable bonds is 10. The Bertz CT molecular complexity index is 734. The van der Waals surface area contributed by atoms with Crippen molar-refractivity contribution in [1.82, 2.24) is 15.4 Å². The number of likely N-dealkylation sites (N-methyl/N-ethyl adjacent to an activating group) is 1. The number of aryl methyl sites for hydroxylation is 2. The zero-order valence-corrected chi connectivity index (χ0v) is 16.8. The van der Waals surface area contributed by atoms with Crippen molar-refractivity contribution in [1.29, 1.82) is 0 Å². The monoisotopic (exact) mass is 375 g/mol. The van der Waals surface area contributed by atoms with Gasteiger partial charge in [-0.15, -0.1) is 0 Å². The Labute approximate surface area is 160 Å². The molecule has 1 aromatic carbocycles. The van der Waals surface area contributed by atoms with E-state index in [9.17, 15) is 4.79 Å². The number of hydrogen-bond donors (Lipinski definition) is 1. The first-order valence-electron chi connectivity index (χ1n) is 9.23. The minimum absolute atomic E-state index is 0.204. The van der Waals surface area contributed by atoms with E-state index >= 15 is 0 Å². The third kappa shape index (κ3) is 5.47. The molecule has 2 rings (SSSR count). The quantitative estimate of drug-likeness (QED) is 0.688. The smallest absolute Gasteiger partial charge is 0.257 e. The molecule has 0 aliphatic rings. The molecule has 1 heterocycles. The van der Waals surface area contributed by atoms with Crippen LogP contribution in [-0.4, -0.2) is 49.3 Å². The maximum Gasteiger partial charge on any atom is 0.257 e. The molecule has 0 spiro atoms. The first kappa shape index (κ1) is 20.8. The second-order valence-electron chi connectivity index (χ2n) is 6.24. The summed E-state index contributed by atoms with van der Waals surface area (Å²) in [7, 11) is 1.61. The molecule has 1 aromatic heterocycles. The van der Waals surface area contributed by atoms with Crippen molar-refractivity contribution >= 4 is 5.91 Å². The van der Waals surface area contributed by atoms with Crippen molar-refractivity contribution < 1.29 is 18.8 Å². The normalized spacial score (nSPS) is 10.9. The van der Waals surface area contributed by atoms with E-state index in [0.717, 1.165) is 25.2 Å². The number of carbonyl (C=O) groups excluding carboxylic acids is 1. The van der Waals surface area contributed by atoms with E-state index in [0.29, 0.717) is 41.7 Å². The van der Waals surface area contributed by atoms with E-state index in [-0.39, 0.29) is 5.91 Å². The third-order valence-electron chi connectivity index (χ3n) is 4.50. The highest BCUT2D eigenvalue weighted by atomic mass is 16.5. The van der Waals surface area contributed by atoms with Crippen LogP contribution in [0.15, 0.2) is 22.7 Å². The summed E-state index contributed by atoms with van der Waals surface area (Å²) in [5.74, 6) is 1.66. The number of ether oxygens (including phenoxy) is 2. The van der Waals surface area contributed by atoms with E-state index in [1.165, 1.54) is 0 Å². The van der Waals surface area contributed by atoms with Crippen molar-refractivity contribution in [3.8, 4) is 11.5 Å². The standard InChI is InChI=1S/C20H29N3O4/c1-6-23(7-2)10-11-26-17-9-8-16(12-18(17)25-5)13-21-20(24)19-14(3)22-27-15(19)4/h8-9,12H,6-7,10-11,13H2,1-5H3,(H,21,24). The van der Waals surface area contributed by atoms with Gasteiger partial charge in [-0.05, 0) is 44.6 Å². The second kappa shape index (κ2) is 9.97. The summed E-state index contributed by atoms with van der Waals surface area (Å²) in [5, 5.41) is 6.69. The van der Waals surface area contributed by atoms with Crippen molar-refractivity contribution in [2.75, 3.05) is 33.4 Å². The summed E-state index contributed by atoms with van der Waals surface area (Å²) in [6, 6.07) is 5.67. The fourth-order valence-electron chi connectivity index (χ4n) is 2.84. The van der Waals surface area contributed by atoms with Gasteiger partial charge in [0.25, 0.3) is 5.91 Å². The molecule has 148 valence electrons. The van der Waals surface area contributed by atoms with Gasteiger partial charge >= 0.3 is 0 Å². The van der Waals surface area contributed by atoms with Crippen LogP contribution in [0.2, 0.25) is 0 Å². The predicted octanol–water partition coefficient (Wildman–Crippen LogP) is 2.95. The Kier molecular flexibility index (Phi) is 7.67. The van der Waals surface area contributed by atoms with Crippen molar-refractivity contribution in [3.63, 3.8) is 0 Å². The number of hydrogen-bond acceptors (Lipinski definition) is 6. The maximum absolute atomic E-state index is 12.3. The molecule has 0 radical (unpaired) electrons. The summed E-state index contributed by atoms with van der Waals surface area (Å²) in [4.78, 5) is 14.6. The first-order valence-corrected chi connectivity index (χ1v) is 9.23. The lowest BCUT2D eigenvalue weighted by molar-refractivity contribution is 0.0949. The summed E-state index contributed by atoms with van der Waals surface area (Å²) < 4.78 is 16.3. The molecule has 0 unspecified atom stereocenters. The fourth-order valence-corrected chi connectivity index (χ4v) is 2.84. The van der Waals surface area contributed by atoms with Gasteiger partial charge in [0.2, 0.25) is 0 Å². The van der Waals surface area contributed by atoms with Crippen LogP contribution in [-0.2, 0) is 6.54 Å². The lowest BCUT2D eigenvalue weighted by Crippen LogP contribution is -2.28. The second-order valence-corrected chi connectivity index (χ2v) is 6.24. The fraction of sp³-hybridized carbons (Fsp3) is 0.500. The molecule has 0 atom stereocenters. The number of methoxy groups -OCH3 is 1. The minimum atomic E-state index is -0.204. The summed E-state index contributed by atoms with van der Waals surface area (Å²) in [6.07, 6.45) is 0. The third-order valence-corrected chi connectivity index (χ3v) is 4.50. The summed E-state index contributed by atoms with van der Waals surface area (Å²) in [5.41, 5.74) is 1.99. The van der Waals surface area contributed by atoms with Gasteiger partial charge in [-0.25, -0.2) is 0 Å². The molecule has 0 fully saturated rings. The van der Waals surface area contributed by atoms with Crippen LogP contribution in [0.4, 0.5) is 0 Å². The van der Waals surface area contributed by atoms with Gasteiger partial charge in [0.1, 0.15) is 17.9 Å². The number of carbonyl (C=O) groups is 1. The van der Waals surface area contributed by atoms with Crippen LogP contribution in [0.3, 0.4) is 0 Å². The summed E-state index contributed by atoms with van der Waals surface area (Å²) >= 11 is 0. The van der Waals surface area contributed by atoms with Crippen LogP contribution in [0.5, 0.6) is 11.5 Å². The van der Waals surface area contributed by atoms with E-state index in [4.69, 9.17) is 14.0 Å². The van der Waals surface area contributed by atoms with Gasteiger partial charge < -0.3 is 24.2 Å². The molecule has 1 N–H and O–H groups in total. The SMILES string of the molecule is CCN(CC)CCOc1ccc(CNC(=O)c2c(C)noc2C)cc1OC. The molecule has 2 aromatic rings. The summed E-state index contributed by atoms with van der Waals surface area (Å²) in [6.45, 7) is 11.6. The van der Waals surface area contributed by atoms with Crippen LogP contribution in [0, 0.1) is 13.8 Å². The number of nitrogens with one attached hydrogen (secondary N) is 1. The van der Waals surface area contributed by atoms with Gasteiger partial charge in [0.05, 0.1) is 12.8 Å². The topological polar surface area (TPSA) is 76.8 Å². The van der Waals surface area contributed by atoms with Gasteiger partial charge in [0, 0.05) is 13.1 Å². The molecule has 27 heavy (non-hydrogen) atoms. The predicted molar refractivity (Wildman–Crippen MR) is 103 cm³/mol. The average molecular weight is 375 g/mol. The van der Waals surface area contributed by atoms with Crippen molar-refractivity contribution in [2.24, 2.45) is 0 Å². The van der Waals surface area contributed by atoms with Crippen molar-refractivity contribution in [2.45, 2.75) is 34.2 Å². The van der Waals surface area contributed by atoms with Crippen LogP contribution >= 0.6 is 0 Å². The van der Waals surface area contributed by atoms with E-state index < -0.39 is 0 Å². The average Bonchev–Trinajstić information content (AvgIpc) is 3.02. The van der Waals surface area contributed by atoms with Gasteiger partial charge in [-0.3, -0.25) is 4.79 Å². The highest BCUT2D eigenvalue weighted by Crippen LogP contribution is 2.28. The zero-order valence-electron chi connectivity index (χ0n) is 16.8. The Balaban J connectivity index is 1.96. The molecule has 0 aliphatic heterocycles. The van der Waals surface area contributed by atoms with Crippen LogP contribution < -0.4 is 14.8 Å². The Morgan fingerprint density at radius 2 is 1.96 bits per heavy atom. The van der Waals surface area contributed by atoms with Crippen LogP contribution in [0.25, 0.3) is 0 Å². The van der Waals surface area contributed by atoms with Gasteiger partial charge in [0.15, 0.2) is 11.5 Å². The molecular formula is C20H29N3O4. The molecule has 0 aliphatic carbocycles. The lowest BCUT2D eigenvalue weighted by Gasteiger charge is -2.19. The maximum atomic E-state index is 12.3. The first-order chi connectivity index (χ1) is 13.0. The number of amides is 1. The molecule has 7 nitrogen and oxygen atoms in total. The van der Waals surface area contributed by atoms with E-state index in [2.05, 4.69) is 29.2 Å². The largest absolute Gasteiger partial charge is 0.493 e. The van der Waals surface area contributed by atoms with E-state index in [1.807, 2.05) is 18.2 Å². The highest BCUT2D eigenvalue weighted by Gasteiger charge is 2.17. The van der Waals surface area contributed by atoms with Gasteiger partial charge in [-0.1, -0.05) is 25.1 Å². The molecule has 0 bridgehead atoms. The molecular weight excluding hydrogens is 346 g/mol. The Hall–Kier alpha value is -2.54. The van der Waals surface area contributed by atoms with Crippen molar-refractivity contribution in [3.05, 3.63) is 40.8 Å². The minimum Gasteiger partial charge on any atom is -0.493 e. The number of aromatic nitrogens is 1.